The van der Waals surface area contributed by atoms with E-state index < -0.39 is 0 Å². The molecular weight excluding hydrogens is 300 g/mol. The van der Waals surface area contributed by atoms with Crippen molar-refractivity contribution in [2.24, 2.45) is 0 Å². The van der Waals surface area contributed by atoms with Crippen LogP contribution in [0.3, 0.4) is 0 Å². The van der Waals surface area contributed by atoms with Crippen molar-refractivity contribution in [1.29, 1.82) is 5.26 Å². The third kappa shape index (κ3) is 3.02. The predicted molar refractivity (Wildman–Crippen MR) is 91.7 cm³/mol. The quantitative estimate of drug-likeness (QED) is 0.861. The highest BCUT2D eigenvalue weighted by Crippen LogP contribution is 2.35. The molecule has 1 aliphatic heterocycles. The molecule has 2 fully saturated rings. The topological polar surface area (TPSA) is 68.9 Å². The minimum absolute atomic E-state index is 0.482. The van der Waals surface area contributed by atoms with Gasteiger partial charge in [0.05, 0.1) is 0 Å². The van der Waals surface area contributed by atoms with Gasteiger partial charge in [0, 0.05) is 43.3 Å². The summed E-state index contributed by atoms with van der Waals surface area (Å²) in [5.74, 6) is 1.06. The predicted octanol–water partition coefficient (Wildman–Crippen LogP) is 2.38. The Morgan fingerprint density at radius 2 is 1.83 bits per heavy atom. The van der Waals surface area contributed by atoms with Crippen molar-refractivity contribution >= 4 is 11.5 Å². The molecule has 1 saturated heterocycles. The first kappa shape index (κ1) is 14.9. The van der Waals surface area contributed by atoms with Gasteiger partial charge in [-0.2, -0.15) is 5.26 Å². The number of hydrogen-bond acceptors (Lipinski definition) is 6. The van der Waals surface area contributed by atoms with Crippen LogP contribution < -0.4 is 9.80 Å². The molecule has 0 atom stereocenters. The smallest absolute Gasteiger partial charge is 0.142 e. The van der Waals surface area contributed by atoms with E-state index in [4.69, 9.17) is 5.26 Å². The average Bonchev–Trinajstić information content (AvgIpc) is 3.48. The highest BCUT2D eigenvalue weighted by molar-refractivity contribution is 5.50. The minimum Gasteiger partial charge on any atom is -0.371 e. The van der Waals surface area contributed by atoms with E-state index in [9.17, 15) is 0 Å². The van der Waals surface area contributed by atoms with Gasteiger partial charge < -0.3 is 9.80 Å². The molecule has 6 heteroatoms. The maximum absolute atomic E-state index is 9.02. The summed E-state index contributed by atoms with van der Waals surface area (Å²) in [7, 11) is 0. The molecule has 0 radical (unpaired) electrons. The van der Waals surface area contributed by atoms with E-state index in [2.05, 4.69) is 30.8 Å². The molecule has 0 N–H and O–H groups in total. The third-order valence-corrected chi connectivity index (χ3v) is 4.85. The van der Waals surface area contributed by atoms with Gasteiger partial charge in [-0.1, -0.05) is 0 Å². The summed E-state index contributed by atoms with van der Waals surface area (Å²) >= 11 is 0. The van der Waals surface area contributed by atoms with Gasteiger partial charge in [0.2, 0.25) is 0 Å². The van der Waals surface area contributed by atoms with Gasteiger partial charge in [0.15, 0.2) is 0 Å². The molecule has 3 heterocycles. The summed E-state index contributed by atoms with van der Waals surface area (Å²) in [6, 6.07) is 9.18. The third-order valence-electron chi connectivity index (χ3n) is 4.85. The number of rotatable bonds is 4. The fraction of sp³-hybridized carbons (Fsp3) is 0.444. The van der Waals surface area contributed by atoms with Gasteiger partial charge in [-0.3, -0.25) is 0 Å². The Morgan fingerprint density at radius 3 is 2.50 bits per heavy atom. The average molecular weight is 320 g/mol. The van der Waals surface area contributed by atoms with Crippen molar-refractivity contribution in [2.75, 3.05) is 22.9 Å². The number of piperidine rings is 1. The molecular formula is C18H20N6. The van der Waals surface area contributed by atoms with Crippen LogP contribution in [0.5, 0.6) is 0 Å². The normalized spacial score (nSPS) is 18.2. The summed E-state index contributed by atoms with van der Waals surface area (Å²) in [6.45, 7) is 1.99. The lowest BCUT2D eigenvalue weighted by molar-refractivity contribution is 0.459. The molecule has 2 aliphatic rings. The molecule has 6 nitrogen and oxygen atoms in total. The van der Waals surface area contributed by atoms with Gasteiger partial charge in [-0.25, -0.2) is 15.0 Å². The van der Waals surface area contributed by atoms with E-state index in [-0.39, 0.29) is 0 Å². The fourth-order valence-corrected chi connectivity index (χ4v) is 3.54. The summed E-state index contributed by atoms with van der Waals surface area (Å²) < 4.78 is 0. The first-order valence-electron chi connectivity index (χ1n) is 8.50. The highest BCUT2D eigenvalue weighted by Gasteiger charge is 2.36. The molecule has 2 aromatic rings. The summed E-state index contributed by atoms with van der Waals surface area (Å²) in [5, 5.41) is 9.02. The Balaban J connectivity index is 1.46. The van der Waals surface area contributed by atoms with Crippen molar-refractivity contribution < 1.29 is 0 Å². The lowest BCUT2D eigenvalue weighted by Gasteiger charge is -2.40. The van der Waals surface area contributed by atoms with Crippen LogP contribution in [0, 0.1) is 11.3 Å². The molecule has 1 aliphatic carbocycles. The molecule has 0 spiro atoms. The largest absolute Gasteiger partial charge is 0.371 e. The summed E-state index contributed by atoms with van der Waals surface area (Å²) in [6.07, 6.45) is 9.92. The zero-order valence-corrected chi connectivity index (χ0v) is 13.5. The molecule has 122 valence electrons. The number of hydrogen-bond donors (Lipinski definition) is 0. The van der Waals surface area contributed by atoms with E-state index in [1.807, 2.05) is 24.4 Å². The van der Waals surface area contributed by atoms with Gasteiger partial charge in [-0.15, -0.1) is 0 Å². The Hall–Kier alpha value is -2.68. The Kier molecular flexibility index (Phi) is 3.99. The van der Waals surface area contributed by atoms with Crippen molar-refractivity contribution in [3.8, 4) is 6.07 Å². The minimum atomic E-state index is 0.482. The SMILES string of the molecule is N#Cc1cc(N2CCC(N(c3ccncn3)C3CC3)CC2)ccn1. The molecule has 0 unspecified atom stereocenters. The molecule has 0 aromatic carbocycles. The van der Waals surface area contributed by atoms with Crippen molar-refractivity contribution in [2.45, 2.75) is 37.8 Å². The maximum Gasteiger partial charge on any atom is 0.142 e. The van der Waals surface area contributed by atoms with E-state index in [1.54, 1.807) is 12.5 Å². The number of nitrogens with zero attached hydrogens (tertiary/aromatic N) is 6. The van der Waals surface area contributed by atoms with Crippen molar-refractivity contribution in [1.82, 2.24) is 15.0 Å². The first-order valence-corrected chi connectivity index (χ1v) is 8.50. The monoisotopic (exact) mass is 320 g/mol. The molecule has 2 aromatic heterocycles. The number of aromatic nitrogens is 3. The standard InChI is InChI=1S/C18H20N6/c19-12-14-11-17(3-8-21-14)23-9-5-16(6-10-23)24(15-1-2-15)18-4-7-20-13-22-18/h3-4,7-8,11,13,15-16H,1-2,5-6,9-10H2. The van der Waals surface area contributed by atoms with E-state index >= 15 is 0 Å². The lowest BCUT2D eigenvalue weighted by Crippen LogP contribution is -2.46. The molecule has 1 saturated carbocycles. The fourth-order valence-electron chi connectivity index (χ4n) is 3.54. The number of nitriles is 1. The Bertz CT molecular complexity index is 729. The van der Waals surface area contributed by atoms with E-state index in [0.29, 0.717) is 17.8 Å². The first-order chi connectivity index (χ1) is 11.8. The van der Waals surface area contributed by atoms with Crippen LogP contribution in [0.25, 0.3) is 0 Å². The van der Waals surface area contributed by atoms with E-state index in [0.717, 1.165) is 37.4 Å². The van der Waals surface area contributed by atoms with Gasteiger partial charge in [0.1, 0.15) is 23.9 Å². The van der Waals surface area contributed by atoms with Crippen LogP contribution in [0.1, 0.15) is 31.4 Å². The van der Waals surface area contributed by atoms with Gasteiger partial charge in [-0.05, 0) is 43.9 Å². The maximum atomic E-state index is 9.02. The number of anilines is 2. The zero-order chi connectivity index (χ0) is 16.4. The summed E-state index contributed by atoms with van der Waals surface area (Å²) in [4.78, 5) is 17.4. The number of pyridine rings is 1. The Morgan fingerprint density at radius 1 is 1.04 bits per heavy atom. The second-order valence-electron chi connectivity index (χ2n) is 6.44. The molecule has 0 amide bonds. The van der Waals surface area contributed by atoms with Crippen LogP contribution >= 0.6 is 0 Å². The van der Waals surface area contributed by atoms with Gasteiger partial charge in [0.25, 0.3) is 0 Å². The highest BCUT2D eigenvalue weighted by atomic mass is 15.3. The van der Waals surface area contributed by atoms with Gasteiger partial charge >= 0.3 is 0 Å². The summed E-state index contributed by atoms with van der Waals surface area (Å²) in [5.41, 5.74) is 1.58. The van der Waals surface area contributed by atoms with Crippen LogP contribution in [0.2, 0.25) is 0 Å². The molecule has 24 heavy (non-hydrogen) atoms. The van der Waals surface area contributed by atoms with Crippen LogP contribution in [-0.2, 0) is 0 Å². The van der Waals surface area contributed by atoms with Crippen molar-refractivity contribution in [3.63, 3.8) is 0 Å². The molecule has 4 rings (SSSR count). The lowest BCUT2D eigenvalue weighted by atomic mass is 10.0. The second-order valence-corrected chi connectivity index (χ2v) is 6.44. The van der Waals surface area contributed by atoms with E-state index in [1.165, 1.54) is 12.8 Å². The van der Waals surface area contributed by atoms with Crippen molar-refractivity contribution in [3.05, 3.63) is 42.6 Å². The van der Waals surface area contributed by atoms with Crippen LogP contribution in [-0.4, -0.2) is 40.1 Å². The Labute approximate surface area is 141 Å². The zero-order valence-electron chi connectivity index (χ0n) is 13.5. The van der Waals surface area contributed by atoms with Crippen LogP contribution in [0.15, 0.2) is 36.9 Å². The molecule has 0 bridgehead atoms. The van der Waals surface area contributed by atoms with Crippen LogP contribution in [0.4, 0.5) is 11.5 Å². The second kappa shape index (κ2) is 6.44.